The molecule has 0 fully saturated rings. The maximum absolute atomic E-state index is 12.0. The van der Waals surface area contributed by atoms with E-state index in [4.69, 9.17) is 0 Å². The van der Waals surface area contributed by atoms with Crippen molar-refractivity contribution in [1.82, 2.24) is 15.3 Å². The Morgan fingerprint density at radius 3 is 2.79 bits per heavy atom. The molecular weight excluding hydrogens is 246 g/mol. The molecule has 2 aromatic rings. The zero-order chi connectivity index (χ0) is 13.8. The van der Waals surface area contributed by atoms with Crippen LogP contribution in [0.4, 0.5) is 0 Å². The number of carbonyl (C=O) groups is 1. The van der Waals surface area contributed by atoms with Crippen LogP contribution < -0.4 is 5.32 Å². The van der Waals surface area contributed by atoms with Crippen LogP contribution in [0.15, 0.2) is 30.6 Å². The van der Waals surface area contributed by atoms with Crippen LogP contribution >= 0.6 is 0 Å². The fourth-order valence-corrected chi connectivity index (χ4v) is 1.74. The highest BCUT2D eigenvalue weighted by molar-refractivity contribution is 5.95. The van der Waals surface area contributed by atoms with E-state index in [0.29, 0.717) is 12.2 Å². The summed E-state index contributed by atoms with van der Waals surface area (Å²) in [6.45, 7) is 1.93. The Morgan fingerprint density at radius 1 is 1.42 bits per heavy atom. The number of aromatic hydroxyl groups is 2. The number of carbonyl (C=O) groups excluding carboxylic acids is 1. The molecular formula is C13H15N3O3. The molecule has 100 valence electrons. The van der Waals surface area contributed by atoms with Crippen LogP contribution in [0.2, 0.25) is 0 Å². The number of phenolic OH excluding ortho intramolecular Hbond substituents is 2. The van der Waals surface area contributed by atoms with Crippen molar-refractivity contribution in [3.63, 3.8) is 0 Å². The third-order valence-electron chi connectivity index (χ3n) is 2.80. The predicted octanol–water partition coefficient (Wildman–Crippen LogP) is 1.70. The molecule has 1 unspecified atom stereocenters. The third kappa shape index (κ3) is 2.85. The molecule has 6 nitrogen and oxygen atoms in total. The van der Waals surface area contributed by atoms with Crippen molar-refractivity contribution in [2.45, 2.75) is 19.4 Å². The molecule has 1 amide bonds. The Bertz CT molecular complexity index is 567. The molecule has 1 heterocycles. The average Bonchev–Trinajstić information content (AvgIpc) is 2.92. The normalized spacial score (nSPS) is 12.1. The van der Waals surface area contributed by atoms with Crippen molar-refractivity contribution in [3.05, 3.63) is 42.0 Å². The molecule has 1 aromatic carbocycles. The smallest absolute Gasteiger partial charge is 0.252 e. The van der Waals surface area contributed by atoms with E-state index in [0.717, 1.165) is 0 Å². The number of hydrogen-bond acceptors (Lipinski definition) is 4. The van der Waals surface area contributed by atoms with E-state index in [1.54, 1.807) is 12.4 Å². The number of nitrogens with zero attached hydrogens (tertiary/aromatic N) is 1. The van der Waals surface area contributed by atoms with Gasteiger partial charge in [-0.15, -0.1) is 0 Å². The lowest BCUT2D eigenvalue weighted by atomic mass is 10.1. The number of rotatable bonds is 4. The summed E-state index contributed by atoms with van der Waals surface area (Å²) in [4.78, 5) is 19.1. The van der Waals surface area contributed by atoms with Gasteiger partial charge in [-0.3, -0.25) is 4.79 Å². The number of aromatic nitrogens is 2. The molecule has 0 radical (unpaired) electrons. The predicted molar refractivity (Wildman–Crippen MR) is 68.9 cm³/mol. The molecule has 0 bridgehead atoms. The van der Waals surface area contributed by atoms with Gasteiger partial charge in [-0.25, -0.2) is 4.98 Å². The van der Waals surface area contributed by atoms with Crippen molar-refractivity contribution in [1.29, 1.82) is 0 Å². The number of H-pyrrole nitrogens is 1. The highest BCUT2D eigenvalue weighted by atomic mass is 16.3. The number of aromatic amines is 1. The van der Waals surface area contributed by atoms with Crippen LogP contribution in [0.3, 0.4) is 0 Å². The Labute approximate surface area is 110 Å². The molecule has 2 rings (SSSR count). The Morgan fingerprint density at radius 2 is 2.21 bits per heavy atom. The molecule has 4 N–H and O–H groups in total. The van der Waals surface area contributed by atoms with E-state index < -0.39 is 0 Å². The number of amides is 1. The van der Waals surface area contributed by atoms with Gasteiger partial charge in [0.05, 0.1) is 6.04 Å². The Balaban J connectivity index is 2.13. The number of phenols is 2. The maximum atomic E-state index is 12.0. The summed E-state index contributed by atoms with van der Waals surface area (Å²) in [5, 5.41) is 21.4. The monoisotopic (exact) mass is 261 g/mol. The summed E-state index contributed by atoms with van der Waals surface area (Å²) in [6, 6.07) is 3.72. The minimum Gasteiger partial charge on any atom is -0.504 e. The molecule has 0 aliphatic heterocycles. The molecule has 19 heavy (non-hydrogen) atoms. The van der Waals surface area contributed by atoms with Gasteiger partial charge in [0.25, 0.3) is 5.91 Å². The largest absolute Gasteiger partial charge is 0.504 e. The van der Waals surface area contributed by atoms with Crippen molar-refractivity contribution >= 4 is 5.91 Å². The van der Waals surface area contributed by atoms with Crippen LogP contribution in [0.1, 0.15) is 35.6 Å². The zero-order valence-corrected chi connectivity index (χ0v) is 10.4. The number of nitrogens with one attached hydrogen (secondary N) is 2. The van der Waals surface area contributed by atoms with Gasteiger partial charge in [-0.05, 0) is 24.6 Å². The van der Waals surface area contributed by atoms with E-state index >= 15 is 0 Å². The molecule has 6 heteroatoms. The van der Waals surface area contributed by atoms with Crippen LogP contribution in [0.5, 0.6) is 11.5 Å². The first-order valence-corrected chi connectivity index (χ1v) is 5.94. The zero-order valence-electron chi connectivity index (χ0n) is 10.4. The fourth-order valence-electron chi connectivity index (χ4n) is 1.74. The second-order valence-corrected chi connectivity index (χ2v) is 4.11. The lowest BCUT2D eigenvalue weighted by molar-refractivity contribution is 0.0933. The van der Waals surface area contributed by atoms with Gasteiger partial charge in [0.2, 0.25) is 0 Å². The van der Waals surface area contributed by atoms with E-state index in [-0.39, 0.29) is 29.0 Å². The van der Waals surface area contributed by atoms with Crippen LogP contribution in [0.25, 0.3) is 0 Å². The van der Waals surface area contributed by atoms with Gasteiger partial charge >= 0.3 is 0 Å². The molecule has 0 aliphatic rings. The SMILES string of the molecule is CCC(NC(=O)c1ccc(O)c(O)c1)c1ncc[nH]1. The summed E-state index contributed by atoms with van der Waals surface area (Å²) in [6.07, 6.45) is 4.00. The average molecular weight is 261 g/mol. The van der Waals surface area contributed by atoms with Gasteiger partial charge in [0.15, 0.2) is 11.5 Å². The van der Waals surface area contributed by atoms with Crippen molar-refractivity contribution in [2.75, 3.05) is 0 Å². The minimum atomic E-state index is -0.335. The summed E-state index contributed by atoms with van der Waals surface area (Å²) >= 11 is 0. The number of benzene rings is 1. The first-order chi connectivity index (χ1) is 9.11. The van der Waals surface area contributed by atoms with Gasteiger partial charge < -0.3 is 20.5 Å². The summed E-state index contributed by atoms with van der Waals surface area (Å²) < 4.78 is 0. The molecule has 0 spiro atoms. The van der Waals surface area contributed by atoms with Gasteiger partial charge in [-0.1, -0.05) is 6.92 Å². The summed E-state index contributed by atoms with van der Waals surface area (Å²) in [5.74, 6) is -0.231. The van der Waals surface area contributed by atoms with Crippen molar-refractivity contribution in [2.24, 2.45) is 0 Å². The fraction of sp³-hybridized carbons (Fsp3) is 0.231. The second-order valence-electron chi connectivity index (χ2n) is 4.11. The quantitative estimate of drug-likeness (QED) is 0.629. The Hall–Kier alpha value is -2.50. The van der Waals surface area contributed by atoms with Crippen molar-refractivity contribution in [3.8, 4) is 11.5 Å². The molecule has 1 aromatic heterocycles. The standard InChI is InChI=1S/C13H15N3O3/c1-2-9(12-14-5-6-15-12)16-13(19)8-3-4-10(17)11(18)7-8/h3-7,9,17-18H,2H2,1H3,(H,14,15)(H,16,19). The van der Waals surface area contributed by atoms with E-state index in [1.807, 2.05) is 6.92 Å². The Kier molecular flexibility index (Phi) is 3.70. The highest BCUT2D eigenvalue weighted by Gasteiger charge is 2.16. The van der Waals surface area contributed by atoms with Crippen LogP contribution in [-0.2, 0) is 0 Å². The van der Waals surface area contributed by atoms with Gasteiger partial charge in [-0.2, -0.15) is 0 Å². The summed E-state index contributed by atoms with van der Waals surface area (Å²) in [5.41, 5.74) is 0.278. The maximum Gasteiger partial charge on any atom is 0.252 e. The lowest BCUT2D eigenvalue weighted by Crippen LogP contribution is -2.28. The van der Waals surface area contributed by atoms with Crippen LogP contribution in [-0.4, -0.2) is 26.1 Å². The summed E-state index contributed by atoms with van der Waals surface area (Å²) in [7, 11) is 0. The molecule has 1 atom stereocenters. The third-order valence-corrected chi connectivity index (χ3v) is 2.80. The van der Waals surface area contributed by atoms with Gasteiger partial charge in [0.1, 0.15) is 5.82 Å². The number of imidazole rings is 1. The second kappa shape index (κ2) is 5.43. The molecule has 0 aliphatic carbocycles. The van der Waals surface area contributed by atoms with E-state index in [1.165, 1.54) is 18.2 Å². The highest BCUT2D eigenvalue weighted by Crippen LogP contribution is 2.25. The van der Waals surface area contributed by atoms with Crippen LogP contribution in [0, 0.1) is 0 Å². The first-order valence-electron chi connectivity index (χ1n) is 5.94. The first kappa shape index (κ1) is 12.9. The van der Waals surface area contributed by atoms with E-state index in [9.17, 15) is 15.0 Å². The number of hydrogen-bond donors (Lipinski definition) is 4. The molecule has 0 saturated heterocycles. The van der Waals surface area contributed by atoms with E-state index in [2.05, 4.69) is 15.3 Å². The lowest BCUT2D eigenvalue weighted by Gasteiger charge is -2.14. The minimum absolute atomic E-state index is 0.224. The molecule has 0 saturated carbocycles. The topological polar surface area (TPSA) is 98.2 Å². The van der Waals surface area contributed by atoms with Gasteiger partial charge in [0, 0.05) is 18.0 Å². The van der Waals surface area contributed by atoms with Crippen molar-refractivity contribution < 1.29 is 15.0 Å².